The maximum atomic E-state index is 12.9. The van der Waals surface area contributed by atoms with Gasteiger partial charge in [-0.2, -0.15) is 4.98 Å². The summed E-state index contributed by atoms with van der Waals surface area (Å²) in [5, 5.41) is 9.12. The molecule has 0 aliphatic rings. The molecule has 0 spiro atoms. The number of hydrogen-bond acceptors (Lipinski definition) is 5. The molecular formula is C19H24N4O3. The molecule has 0 aliphatic carbocycles. The number of aryl methyl sites for hydroxylation is 1. The van der Waals surface area contributed by atoms with Crippen LogP contribution < -0.4 is 10.4 Å². The van der Waals surface area contributed by atoms with Crippen LogP contribution >= 0.6 is 0 Å². The lowest BCUT2D eigenvalue weighted by Crippen LogP contribution is -2.25. The minimum Gasteiger partial charge on any atom is -0.463 e. The Kier molecular flexibility index (Phi) is 6.01. The fourth-order valence-electron chi connectivity index (χ4n) is 2.81. The monoisotopic (exact) mass is 356 g/mol. The Balaban J connectivity index is 2.02. The van der Waals surface area contributed by atoms with Crippen LogP contribution in [-0.2, 0) is 13.1 Å². The quantitative estimate of drug-likeness (QED) is 0.595. The number of benzene rings is 1. The number of imidazole rings is 1. The standard InChI is InChI=1S/C19H24N4O3/c1-2-3-12-26-18-20-13-16-17(21-18)23(14-15-8-5-4-6-9-15)19(25)22(16)10-7-11-24/h4-6,8-9,13,24H,2-3,7,10-12,14H2,1H3. The van der Waals surface area contributed by atoms with Crippen LogP contribution in [0.3, 0.4) is 0 Å². The number of aromatic nitrogens is 4. The highest BCUT2D eigenvalue weighted by atomic mass is 16.5. The molecule has 7 nitrogen and oxygen atoms in total. The van der Waals surface area contributed by atoms with Gasteiger partial charge < -0.3 is 9.84 Å². The lowest BCUT2D eigenvalue weighted by molar-refractivity contribution is 0.279. The van der Waals surface area contributed by atoms with Crippen LogP contribution in [0, 0.1) is 0 Å². The normalized spacial score (nSPS) is 11.2. The zero-order chi connectivity index (χ0) is 18.4. The molecule has 3 rings (SSSR count). The average molecular weight is 356 g/mol. The van der Waals surface area contributed by atoms with Crippen molar-refractivity contribution in [2.45, 2.75) is 39.3 Å². The van der Waals surface area contributed by atoms with Gasteiger partial charge in [0.25, 0.3) is 0 Å². The molecule has 26 heavy (non-hydrogen) atoms. The topological polar surface area (TPSA) is 82.2 Å². The number of nitrogens with zero attached hydrogens (tertiary/aromatic N) is 4. The summed E-state index contributed by atoms with van der Waals surface area (Å²) < 4.78 is 8.85. The summed E-state index contributed by atoms with van der Waals surface area (Å²) in [6, 6.07) is 10.1. The summed E-state index contributed by atoms with van der Waals surface area (Å²) >= 11 is 0. The Morgan fingerprint density at radius 3 is 2.69 bits per heavy atom. The number of fused-ring (bicyclic) bond motifs is 1. The highest BCUT2D eigenvalue weighted by Crippen LogP contribution is 2.15. The summed E-state index contributed by atoms with van der Waals surface area (Å²) in [6.45, 7) is 3.51. The Morgan fingerprint density at radius 2 is 1.96 bits per heavy atom. The van der Waals surface area contributed by atoms with Gasteiger partial charge in [0.1, 0.15) is 5.52 Å². The SMILES string of the molecule is CCCCOc1ncc2c(n1)n(Cc1ccccc1)c(=O)n2CCCO. The molecule has 2 aromatic heterocycles. The molecule has 0 atom stereocenters. The molecule has 0 aliphatic heterocycles. The predicted molar refractivity (Wildman–Crippen MR) is 99.4 cm³/mol. The molecule has 0 amide bonds. The zero-order valence-corrected chi connectivity index (χ0v) is 15.0. The van der Waals surface area contributed by atoms with Gasteiger partial charge in [-0.3, -0.25) is 9.13 Å². The molecule has 0 radical (unpaired) electrons. The predicted octanol–water partition coefficient (Wildman–Crippen LogP) is 2.20. The highest BCUT2D eigenvalue weighted by molar-refractivity contribution is 5.71. The second-order valence-electron chi connectivity index (χ2n) is 6.15. The minimum atomic E-state index is -0.155. The molecule has 0 fully saturated rings. The van der Waals surface area contributed by atoms with Crippen LogP contribution in [0.4, 0.5) is 0 Å². The van der Waals surface area contributed by atoms with Crippen LogP contribution in [0.1, 0.15) is 31.7 Å². The van der Waals surface area contributed by atoms with Gasteiger partial charge in [0.05, 0.1) is 19.3 Å². The zero-order valence-electron chi connectivity index (χ0n) is 15.0. The second-order valence-corrected chi connectivity index (χ2v) is 6.15. The number of ether oxygens (including phenoxy) is 1. The molecule has 0 unspecified atom stereocenters. The van der Waals surface area contributed by atoms with Gasteiger partial charge in [0, 0.05) is 13.2 Å². The van der Waals surface area contributed by atoms with Gasteiger partial charge in [-0.15, -0.1) is 0 Å². The number of rotatable bonds is 9. The minimum absolute atomic E-state index is 0.0247. The Labute approximate surface area is 151 Å². The molecule has 0 saturated carbocycles. The van der Waals surface area contributed by atoms with Crippen LogP contribution in [0.25, 0.3) is 11.2 Å². The van der Waals surface area contributed by atoms with Gasteiger partial charge in [0.15, 0.2) is 5.65 Å². The third-order valence-electron chi connectivity index (χ3n) is 4.19. The molecule has 7 heteroatoms. The molecule has 2 heterocycles. The highest BCUT2D eigenvalue weighted by Gasteiger charge is 2.16. The lowest BCUT2D eigenvalue weighted by atomic mass is 10.2. The molecule has 1 N–H and O–H groups in total. The number of aliphatic hydroxyl groups excluding tert-OH is 1. The largest absolute Gasteiger partial charge is 0.463 e. The van der Waals surface area contributed by atoms with Crippen molar-refractivity contribution in [3.63, 3.8) is 0 Å². The fraction of sp³-hybridized carbons (Fsp3) is 0.421. The summed E-state index contributed by atoms with van der Waals surface area (Å²) in [7, 11) is 0. The first-order valence-corrected chi connectivity index (χ1v) is 8.98. The van der Waals surface area contributed by atoms with Crippen molar-refractivity contribution in [2.75, 3.05) is 13.2 Å². The van der Waals surface area contributed by atoms with Gasteiger partial charge in [0.2, 0.25) is 0 Å². The van der Waals surface area contributed by atoms with Crippen molar-refractivity contribution in [2.24, 2.45) is 0 Å². The van der Waals surface area contributed by atoms with Crippen LogP contribution in [0.5, 0.6) is 6.01 Å². The van der Waals surface area contributed by atoms with E-state index in [1.165, 1.54) is 0 Å². The van der Waals surface area contributed by atoms with E-state index in [4.69, 9.17) is 9.84 Å². The van der Waals surface area contributed by atoms with Crippen molar-refractivity contribution < 1.29 is 9.84 Å². The van der Waals surface area contributed by atoms with Gasteiger partial charge >= 0.3 is 11.7 Å². The maximum Gasteiger partial charge on any atom is 0.330 e. The Hall–Kier alpha value is -2.67. The molecular weight excluding hydrogens is 332 g/mol. The first-order chi connectivity index (χ1) is 12.7. The summed E-state index contributed by atoms with van der Waals surface area (Å²) in [5.74, 6) is 0. The van der Waals surface area contributed by atoms with Gasteiger partial charge in [-0.05, 0) is 18.4 Å². The average Bonchev–Trinajstić information content (AvgIpc) is 2.92. The first kappa shape index (κ1) is 18.1. The van der Waals surface area contributed by atoms with E-state index in [-0.39, 0.29) is 18.3 Å². The van der Waals surface area contributed by atoms with E-state index < -0.39 is 0 Å². The van der Waals surface area contributed by atoms with Crippen molar-refractivity contribution in [1.82, 2.24) is 19.1 Å². The number of aliphatic hydroxyl groups is 1. The molecule has 138 valence electrons. The van der Waals surface area contributed by atoms with E-state index >= 15 is 0 Å². The Bertz CT molecular complexity index is 902. The van der Waals surface area contributed by atoms with Crippen molar-refractivity contribution in [3.05, 3.63) is 52.6 Å². The van der Waals surface area contributed by atoms with Crippen molar-refractivity contribution in [1.29, 1.82) is 0 Å². The van der Waals surface area contributed by atoms with Gasteiger partial charge in [-0.1, -0.05) is 43.7 Å². The van der Waals surface area contributed by atoms with Crippen molar-refractivity contribution >= 4 is 11.2 Å². The fourth-order valence-corrected chi connectivity index (χ4v) is 2.81. The van der Waals surface area contributed by atoms with Crippen molar-refractivity contribution in [3.8, 4) is 6.01 Å². The van der Waals surface area contributed by atoms with E-state index in [2.05, 4.69) is 16.9 Å². The summed E-state index contributed by atoms with van der Waals surface area (Å²) in [4.78, 5) is 21.6. The van der Waals surface area contributed by atoms with E-state index in [0.717, 1.165) is 18.4 Å². The summed E-state index contributed by atoms with van der Waals surface area (Å²) in [5.41, 5.74) is 2.07. The molecule has 1 aromatic carbocycles. The van der Waals surface area contributed by atoms with E-state index in [0.29, 0.717) is 37.3 Å². The number of unbranched alkanes of at least 4 members (excludes halogenated alkanes) is 1. The summed E-state index contributed by atoms with van der Waals surface area (Å²) in [6.07, 6.45) is 4.08. The smallest absolute Gasteiger partial charge is 0.330 e. The molecule has 0 bridgehead atoms. The second kappa shape index (κ2) is 8.62. The van der Waals surface area contributed by atoms with Crippen LogP contribution in [0.15, 0.2) is 41.3 Å². The first-order valence-electron chi connectivity index (χ1n) is 8.98. The lowest BCUT2D eigenvalue weighted by Gasteiger charge is -2.05. The molecule has 3 aromatic rings. The van der Waals surface area contributed by atoms with E-state index in [1.54, 1.807) is 15.3 Å². The van der Waals surface area contributed by atoms with E-state index in [1.807, 2.05) is 30.3 Å². The third kappa shape index (κ3) is 3.94. The molecule has 0 saturated heterocycles. The number of hydrogen-bond donors (Lipinski definition) is 1. The maximum absolute atomic E-state index is 12.9. The van der Waals surface area contributed by atoms with Crippen LogP contribution in [0.2, 0.25) is 0 Å². The third-order valence-corrected chi connectivity index (χ3v) is 4.19. The Morgan fingerprint density at radius 1 is 1.15 bits per heavy atom. The van der Waals surface area contributed by atoms with E-state index in [9.17, 15) is 4.79 Å². The van der Waals surface area contributed by atoms with Gasteiger partial charge in [-0.25, -0.2) is 9.78 Å². The van der Waals surface area contributed by atoms with Crippen LogP contribution in [-0.4, -0.2) is 37.4 Å².